The van der Waals surface area contributed by atoms with E-state index in [1.165, 1.54) is 52.0 Å². The number of ether oxygens (including phenoxy) is 6. The fourth-order valence-electron chi connectivity index (χ4n) is 12.5. The maximum Gasteiger partial charge on any atom is 0.350 e. The molecule has 6 aliphatic rings. The molecule has 5 fully saturated rings. The molecule has 3 aromatic carbocycles. The van der Waals surface area contributed by atoms with Gasteiger partial charge in [0.1, 0.15) is 30.0 Å². The van der Waals surface area contributed by atoms with Gasteiger partial charge in [-0.05, 0) is 73.6 Å². The van der Waals surface area contributed by atoms with E-state index in [9.17, 15) is 43.8 Å². The van der Waals surface area contributed by atoms with E-state index >= 15 is 9.59 Å². The highest BCUT2D eigenvalue weighted by molar-refractivity contribution is 6.04. The number of benzene rings is 3. The van der Waals surface area contributed by atoms with Gasteiger partial charge in [-0.15, -0.1) is 0 Å². The molecule has 12 atom stereocenters. The van der Waals surface area contributed by atoms with Crippen LogP contribution in [0.3, 0.4) is 0 Å². The number of aliphatic hydroxyl groups is 2. The molecule has 2 heterocycles. The number of nitrogens with one attached hydrogen (secondary N) is 1. The molecule has 0 aromatic heterocycles. The number of carbonyl (C=O) groups excluding carboxylic acids is 9. The van der Waals surface area contributed by atoms with E-state index in [0.717, 1.165) is 31.6 Å². The van der Waals surface area contributed by atoms with E-state index in [0.29, 0.717) is 0 Å². The molecule has 4 aliphatic carbocycles. The second-order valence-corrected chi connectivity index (χ2v) is 21.6. The minimum absolute atomic E-state index is 0.0182. The molecule has 2 aliphatic heterocycles. The first-order valence-electron chi connectivity index (χ1n) is 25.6. The summed E-state index contributed by atoms with van der Waals surface area (Å²) in [5, 5.41) is 29.1. The van der Waals surface area contributed by atoms with Gasteiger partial charge >= 0.3 is 29.8 Å². The maximum atomic E-state index is 15.8. The van der Waals surface area contributed by atoms with Crippen LogP contribution in [0.4, 0.5) is 0 Å². The van der Waals surface area contributed by atoms with Crippen molar-refractivity contribution in [2.24, 2.45) is 28.6 Å². The lowest BCUT2D eigenvalue weighted by molar-refractivity contribution is -0.346. The first-order valence-corrected chi connectivity index (χ1v) is 25.6. The van der Waals surface area contributed by atoms with Crippen LogP contribution in [-0.2, 0) is 62.0 Å². The number of hydrogen-bond donors (Lipinski definition) is 3. The summed E-state index contributed by atoms with van der Waals surface area (Å²) in [6.07, 6.45) is -10.0. The van der Waals surface area contributed by atoms with Gasteiger partial charge < -0.3 is 44.0 Å². The van der Waals surface area contributed by atoms with Gasteiger partial charge in [0.15, 0.2) is 17.5 Å². The average Bonchev–Trinajstić information content (AvgIpc) is 4.32. The van der Waals surface area contributed by atoms with Crippen molar-refractivity contribution in [2.75, 3.05) is 13.2 Å². The number of hydrogen-bond acceptors (Lipinski definition) is 17. The zero-order chi connectivity index (χ0) is 54.6. The van der Waals surface area contributed by atoms with Crippen LogP contribution in [0.1, 0.15) is 112 Å². The summed E-state index contributed by atoms with van der Waals surface area (Å²) in [6.45, 7) is 7.41. The average molecular weight is 1050 g/mol. The molecule has 2 bridgehead atoms. The topological polar surface area (TPSA) is 265 Å². The van der Waals surface area contributed by atoms with Gasteiger partial charge in [-0.25, -0.2) is 9.59 Å². The van der Waals surface area contributed by atoms with Gasteiger partial charge in [0.25, 0.3) is 5.91 Å². The molecule has 9 rings (SSSR count). The molecule has 2 unspecified atom stereocenters. The predicted molar refractivity (Wildman–Crippen MR) is 264 cm³/mol. The molecule has 3 saturated carbocycles. The summed E-state index contributed by atoms with van der Waals surface area (Å²) in [6, 6.07) is 22.4. The largest absolute Gasteiger partial charge is 0.455 e. The third-order valence-electron chi connectivity index (χ3n) is 16.7. The van der Waals surface area contributed by atoms with Crippen molar-refractivity contribution in [1.82, 2.24) is 10.2 Å². The van der Waals surface area contributed by atoms with Crippen molar-refractivity contribution in [1.29, 1.82) is 0 Å². The number of carbonyl (C=O) groups is 9. The SMILES string of the molecule is CC(=O)O[C@H]1C(=O)[C@@]2(C)[C@H]([C@H](OC(=O)c3ccccc3)[C@]3(O)C[C@H](OC(=O)C(OC(=O)CCN4C(=O)CC(C5CC5)C4=O)[C@@H](NC(=O)c4ccccc4)c4ccccc4)C(C)=C1C3(C)C)[C@]1(OC(C)=O)CO[C@@H]1C[C@@H]2O. The molecule has 0 spiro atoms. The Morgan fingerprint density at radius 1 is 0.829 bits per heavy atom. The number of nitrogens with zero attached hydrogens (tertiary/aromatic N) is 1. The summed E-state index contributed by atoms with van der Waals surface area (Å²) in [5.41, 5.74) is -7.75. The fourth-order valence-corrected chi connectivity index (χ4v) is 12.5. The second kappa shape index (κ2) is 20.5. The van der Waals surface area contributed by atoms with E-state index in [-0.39, 0.29) is 59.7 Å². The van der Waals surface area contributed by atoms with Crippen LogP contribution >= 0.6 is 0 Å². The summed E-state index contributed by atoms with van der Waals surface area (Å²) >= 11 is 0. The summed E-state index contributed by atoms with van der Waals surface area (Å²) in [7, 11) is 0. The third kappa shape index (κ3) is 9.39. The molecule has 2 saturated heterocycles. The van der Waals surface area contributed by atoms with Gasteiger partial charge in [-0.1, -0.05) is 80.6 Å². The molecular weight excluding hydrogens is 985 g/mol. The Hall–Kier alpha value is -7.09. The number of likely N-dealkylation sites (tertiary alicyclic amines) is 1. The van der Waals surface area contributed by atoms with E-state index in [2.05, 4.69) is 5.32 Å². The van der Waals surface area contributed by atoms with Crippen molar-refractivity contribution in [3.63, 3.8) is 0 Å². The van der Waals surface area contributed by atoms with Crippen LogP contribution in [0.25, 0.3) is 0 Å². The van der Waals surface area contributed by atoms with Crippen LogP contribution in [0.5, 0.6) is 0 Å². The van der Waals surface area contributed by atoms with Gasteiger partial charge in [0.2, 0.25) is 17.9 Å². The van der Waals surface area contributed by atoms with E-state index in [4.69, 9.17) is 28.4 Å². The van der Waals surface area contributed by atoms with E-state index in [1.807, 2.05) is 0 Å². The number of imide groups is 1. The van der Waals surface area contributed by atoms with Crippen molar-refractivity contribution in [3.8, 4) is 0 Å². The highest BCUT2D eigenvalue weighted by atomic mass is 16.6. The monoisotopic (exact) mass is 1050 g/mol. The predicted octanol–water partition coefficient (Wildman–Crippen LogP) is 4.46. The summed E-state index contributed by atoms with van der Waals surface area (Å²) in [4.78, 5) is 128. The van der Waals surface area contributed by atoms with Crippen molar-refractivity contribution in [2.45, 2.75) is 134 Å². The number of aliphatic hydroxyl groups excluding tert-OH is 1. The zero-order valence-corrected chi connectivity index (χ0v) is 43.1. The smallest absolute Gasteiger partial charge is 0.350 e. The van der Waals surface area contributed by atoms with Crippen molar-refractivity contribution >= 4 is 53.4 Å². The van der Waals surface area contributed by atoms with Crippen molar-refractivity contribution in [3.05, 3.63) is 119 Å². The van der Waals surface area contributed by atoms with Gasteiger partial charge in [0, 0.05) is 50.6 Å². The zero-order valence-electron chi connectivity index (χ0n) is 43.1. The molecule has 76 heavy (non-hydrogen) atoms. The van der Waals surface area contributed by atoms with E-state index < -0.39 is 143 Å². The number of fused-ring (bicyclic) bond motifs is 5. The van der Waals surface area contributed by atoms with Crippen LogP contribution in [0.2, 0.25) is 0 Å². The molecule has 0 radical (unpaired) electrons. The van der Waals surface area contributed by atoms with Gasteiger partial charge in [-0.3, -0.25) is 38.5 Å². The lowest BCUT2D eigenvalue weighted by Gasteiger charge is -2.67. The lowest BCUT2D eigenvalue weighted by atomic mass is 9.44. The normalized spacial score (nSPS) is 31.2. The van der Waals surface area contributed by atoms with Gasteiger partial charge in [-0.2, -0.15) is 0 Å². The Balaban J connectivity index is 1.16. The Bertz CT molecular complexity index is 2870. The molecule has 3 N–H and O–H groups in total. The van der Waals surface area contributed by atoms with E-state index in [1.54, 1.807) is 66.7 Å². The molecular formula is C57H62N2O17. The number of esters is 5. The Kier molecular flexibility index (Phi) is 14.5. The standard InChI is InChI=1S/C57H62N2O17/c1-30-38(73-53(69)46(74-42(64)24-25-59-41(63)26-37(51(59)67)33-22-23-33)44(34-16-10-7-11-17-34)58-50(66)35-18-12-8-13-19-35)28-57(70)49(75-52(68)36-20-14-9-15-21-36)47-55(6,39(62)27-40-56(47,29-71-40)76-32(3)61)48(65)45(72-31(2)60)43(30)54(57,4)5/h7-21,33,37-40,44-47,49,62,70H,22-29H2,1-6H3,(H,58,66)/t37?,38-,39-,40+,44-,45+,46?,47-,49-,55+,56-,57+/m0/s1. The fraction of sp³-hybridized carbons (Fsp3) is 0.491. The number of rotatable bonds is 15. The van der Waals surface area contributed by atoms with Crippen LogP contribution in [0.15, 0.2) is 102 Å². The van der Waals surface area contributed by atoms with Gasteiger partial charge in [0.05, 0.1) is 41.9 Å². The van der Waals surface area contributed by atoms with Crippen LogP contribution in [0, 0.1) is 28.6 Å². The summed E-state index contributed by atoms with van der Waals surface area (Å²) < 4.78 is 36.9. The first-order chi connectivity index (χ1) is 36.0. The molecule has 19 nitrogen and oxygen atoms in total. The highest BCUT2D eigenvalue weighted by Crippen LogP contribution is 2.64. The molecule has 19 heteroatoms. The van der Waals surface area contributed by atoms with Crippen LogP contribution < -0.4 is 5.32 Å². The Morgan fingerprint density at radius 2 is 1.45 bits per heavy atom. The van der Waals surface area contributed by atoms with Crippen LogP contribution in [-0.4, -0.2) is 129 Å². The number of amides is 3. The number of ketones is 1. The molecule has 402 valence electrons. The minimum atomic E-state index is -2.51. The Morgan fingerprint density at radius 3 is 2.03 bits per heavy atom. The highest BCUT2D eigenvalue weighted by Gasteiger charge is 2.78. The third-order valence-corrected chi connectivity index (χ3v) is 16.7. The second-order valence-electron chi connectivity index (χ2n) is 21.6. The Labute approximate surface area is 438 Å². The number of Topliss-reactive ketones (excluding diaryl/α,β-unsaturated/α-hetero) is 1. The summed E-state index contributed by atoms with van der Waals surface area (Å²) in [5.74, 6) is -9.53. The molecule has 3 amide bonds. The first kappa shape index (κ1) is 53.7. The van der Waals surface area contributed by atoms with Crippen molar-refractivity contribution < 1.29 is 81.8 Å². The lowest BCUT2D eigenvalue weighted by Crippen LogP contribution is -2.82. The molecule has 3 aromatic rings. The maximum absolute atomic E-state index is 15.8. The minimum Gasteiger partial charge on any atom is -0.455 e. The quantitative estimate of drug-likeness (QED) is 0.0821.